The Kier molecular flexibility index (Phi) is 6.72. The summed E-state index contributed by atoms with van der Waals surface area (Å²) in [5, 5.41) is 1.65. The lowest BCUT2D eigenvalue weighted by molar-refractivity contribution is -0.213. The number of carbonyl (C=O) groups is 1. The van der Waals surface area contributed by atoms with Gasteiger partial charge in [0, 0.05) is 13.5 Å². The van der Waals surface area contributed by atoms with Crippen molar-refractivity contribution in [3.63, 3.8) is 0 Å². The van der Waals surface area contributed by atoms with Gasteiger partial charge in [-0.25, -0.2) is 0 Å². The molecule has 0 aliphatic carbocycles. The van der Waals surface area contributed by atoms with Crippen LogP contribution in [0.2, 0.25) is 0 Å². The van der Waals surface area contributed by atoms with Crippen LogP contribution in [0.15, 0.2) is 0 Å². The van der Waals surface area contributed by atoms with E-state index in [0.29, 0.717) is 19.8 Å². The van der Waals surface area contributed by atoms with Gasteiger partial charge in [0.05, 0.1) is 12.2 Å². The van der Waals surface area contributed by atoms with Gasteiger partial charge in [-0.1, -0.05) is 0 Å². The Morgan fingerprint density at radius 3 is 2.47 bits per heavy atom. The summed E-state index contributed by atoms with van der Waals surface area (Å²) in [5.41, 5.74) is -0.281. The van der Waals surface area contributed by atoms with E-state index in [1.165, 1.54) is 0 Å². The summed E-state index contributed by atoms with van der Waals surface area (Å²) in [6.45, 7) is 8.54. The molecule has 0 rings (SSSR count). The molecule has 0 spiro atoms. The Bertz CT molecular complexity index is 192. The van der Waals surface area contributed by atoms with Gasteiger partial charge in [-0.05, 0) is 34.1 Å². The molecule has 0 unspecified atom stereocenters. The zero-order valence-electron chi connectivity index (χ0n) is 10.5. The molecule has 0 bridgehead atoms. The molecule has 0 aromatic heterocycles. The third-order valence-corrected chi connectivity index (χ3v) is 2.07. The van der Waals surface area contributed by atoms with Gasteiger partial charge >= 0.3 is 0 Å². The van der Waals surface area contributed by atoms with Crippen LogP contribution in [-0.4, -0.2) is 36.8 Å². The minimum Gasteiger partial charge on any atom is -0.358 e. The lowest BCUT2D eigenvalue weighted by Crippen LogP contribution is -2.32. The second-order valence-corrected chi connectivity index (χ2v) is 4.28. The third kappa shape index (κ3) is 8.54. The second-order valence-electron chi connectivity index (χ2n) is 4.28. The van der Waals surface area contributed by atoms with E-state index in [1.807, 2.05) is 27.8 Å². The number of nitrogens with zero attached hydrogens (tertiary/aromatic N) is 1. The van der Waals surface area contributed by atoms with Crippen molar-refractivity contribution in [3.05, 3.63) is 0 Å². The molecule has 0 aliphatic heterocycles. The molecule has 4 heteroatoms. The minimum absolute atomic E-state index is 0.199. The zero-order chi connectivity index (χ0) is 11.9. The van der Waals surface area contributed by atoms with E-state index in [-0.39, 0.29) is 11.4 Å². The highest BCUT2D eigenvalue weighted by Crippen LogP contribution is 2.17. The summed E-state index contributed by atoms with van der Waals surface area (Å²) in [6.07, 6.45) is 1.30. The van der Waals surface area contributed by atoms with Gasteiger partial charge in [0.15, 0.2) is 0 Å². The van der Waals surface area contributed by atoms with Gasteiger partial charge in [0.1, 0.15) is 12.5 Å². The predicted molar refractivity (Wildman–Crippen MR) is 59.3 cm³/mol. The Morgan fingerprint density at radius 2 is 2.00 bits per heavy atom. The van der Waals surface area contributed by atoms with E-state index in [9.17, 15) is 4.79 Å². The molecule has 0 N–H and O–H groups in total. The Labute approximate surface area is 92.5 Å². The maximum absolute atomic E-state index is 10.8. The first kappa shape index (κ1) is 14.6. The molecular formula is C11H23NO3. The molecule has 0 radical (unpaired) electrons. The summed E-state index contributed by atoms with van der Waals surface area (Å²) in [4.78, 5) is 16.0. The van der Waals surface area contributed by atoms with E-state index in [0.717, 1.165) is 6.42 Å². The largest absolute Gasteiger partial charge is 0.358 e. The number of hydrogen-bond donors (Lipinski definition) is 0. The van der Waals surface area contributed by atoms with E-state index < -0.39 is 0 Å². The molecule has 0 heterocycles. The third-order valence-electron chi connectivity index (χ3n) is 2.07. The minimum atomic E-state index is -0.281. The zero-order valence-corrected chi connectivity index (χ0v) is 10.5. The van der Waals surface area contributed by atoms with Gasteiger partial charge in [0.25, 0.3) is 0 Å². The van der Waals surface area contributed by atoms with Crippen molar-refractivity contribution in [2.75, 3.05) is 20.4 Å². The van der Waals surface area contributed by atoms with Crippen molar-refractivity contribution >= 4 is 5.78 Å². The van der Waals surface area contributed by atoms with Crippen molar-refractivity contribution < 1.29 is 14.4 Å². The second kappa shape index (κ2) is 6.93. The smallest absolute Gasteiger partial charge is 0.129 e. The van der Waals surface area contributed by atoms with Crippen LogP contribution in [0, 0.1) is 0 Å². The van der Waals surface area contributed by atoms with E-state index in [2.05, 4.69) is 0 Å². The standard InChI is InChI=1S/C11H23NO3/c1-6-15-12(5)9-14-11(3,4)8-7-10(2)13/h6-9H2,1-5H3. The first-order valence-electron chi connectivity index (χ1n) is 5.35. The van der Waals surface area contributed by atoms with Gasteiger partial charge in [-0.15, -0.1) is 0 Å². The fourth-order valence-corrected chi connectivity index (χ4v) is 1.07. The quantitative estimate of drug-likeness (QED) is 0.460. The van der Waals surface area contributed by atoms with Crippen LogP contribution >= 0.6 is 0 Å². The Morgan fingerprint density at radius 1 is 1.40 bits per heavy atom. The molecule has 0 aliphatic rings. The van der Waals surface area contributed by atoms with Crippen LogP contribution in [0.4, 0.5) is 0 Å². The summed E-state index contributed by atoms with van der Waals surface area (Å²) in [6, 6.07) is 0. The number of hydrogen-bond acceptors (Lipinski definition) is 4. The van der Waals surface area contributed by atoms with Crippen LogP contribution in [0.5, 0.6) is 0 Å². The maximum atomic E-state index is 10.8. The molecule has 0 fully saturated rings. The molecule has 0 atom stereocenters. The molecule has 0 aromatic rings. The lowest BCUT2D eigenvalue weighted by atomic mass is 10.0. The molecule has 0 amide bonds. The van der Waals surface area contributed by atoms with Gasteiger partial charge in [-0.2, -0.15) is 5.06 Å². The number of Topliss-reactive ketones (excluding diaryl/α,β-unsaturated/α-hetero) is 1. The Balaban J connectivity index is 3.77. The van der Waals surface area contributed by atoms with Gasteiger partial charge in [0.2, 0.25) is 0 Å². The molecule has 0 saturated carbocycles. The molecular weight excluding hydrogens is 194 g/mol. The number of carbonyl (C=O) groups excluding carboxylic acids is 1. The normalized spacial score (nSPS) is 12.1. The van der Waals surface area contributed by atoms with Crippen molar-refractivity contribution in [1.82, 2.24) is 5.06 Å². The summed E-state index contributed by atoms with van der Waals surface area (Å²) < 4.78 is 5.64. The summed E-state index contributed by atoms with van der Waals surface area (Å²) >= 11 is 0. The highest BCUT2D eigenvalue weighted by Gasteiger charge is 2.19. The van der Waals surface area contributed by atoms with E-state index >= 15 is 0 Å². The molecule has 15 heavy (non-hydrogen) atoms. The number of ether oxygens (including phenoxy) is 1. The highest BCUT2D eigenvalue weighted by atomic mass is 16.7. The topological polar surface area (TPSA) is 38.8 Å². The fourth-order valence-electron chi connectivity index (χ4n) is 1.07. The summed E-state index contributed by atoms with van der Waals surface area (Å²) in [7, 11) is 1.82. The van der Waals surface area contributed by atoms with Crippen LogP contribution in [-0.2, 0) is 14.4 Å². The van der Waals surface area contributed by atoms with Crippen LogP contribution in [0.1, 0.15) is 40.5 Å². The molecule has 0 aromatic carbocycles. The number of rotatable bonds is 8. The van der Waals surface area contributed by atoms with Crippen LogP contribution in [0.3, 0.4) is 0 Å². The van der Waals surface area contributed by atoms with Crippen molar-refractivity contribution in [1.29, 1.82) is 0 Å². The van der Waals surface area contributed by atoms with Crippen molar-refractivity contribution in [2.45, 2.75) is 46.1 Å². The Hall–Kier alpha value is -0.450. The van der Waals surface area contributed by atoms with Crippen LogP contribution in [0.25, 0.3) is 0 Å². The summed E-state index contributed by atoms with van der Waals surface area (Å²) in [5.74, 6) is 0.199. The molecule has 90 valence electrons. The monoisotopic (exact) mass is 217 g/mol. The fraction of sp³-hybridized carbons (Fsp3) is 0.909. The van der Waals surface area contributed by atoms with E-state index in [1.54, 1.807) is 12.0 Å². The predicted octanol–water partition coefficient (Wildman–Crippen LogP) is 1.99. The number of hydroxylamine groups is 2. The maximum Gasteiger partial charge on any atom is 0.129 e. The highest BCUT2D eigenvalue weighted by molar-refractivity contribution is 5.75. The molecule has 0 saturated heterocycles. The SMILES string of the molecule is CCON(C)COC(C)(C)CCC(C)=O. The number of ketones is 1. The average molecular weight is 217 g/mol. The van der Waals surface area contributed by atoms with E-state index in [4.69, 9.17) is 9.57 Å². The lowest BCUT2D eigenvalue weighted by Gasteiger charge is -2.27. The van der Waals surface area contributed by atoms with Gasteiger partial charge < -0.3 is 9.53 Å². The van der Waals surface area contributed by atoms with Crippen molar-refractivity contribution in [2.24, 2.45) is 0 Å². The molecule has 4 nitrogen and oxygen atoms in total. The first-order valence-corrected chi connectivity index (χ1v) is 5.35. The first-order chi connectivity index (χ1) is 6.87. The average Bonchev–Trinajstić information content (AvgIpc) is 2.13. The van der Waals surface area contributed by atoms with Crippen LogP contribution < -0.4 is 0 Å². The van der Waals surface area contributed by atoms with Crippen molar-refractivity contribution in [3.8, 4) is 0 Å². The van der Waals surface area contributed by atoms with Gasteiger partial charge in [-0.3, -0.25) is 4.84 Å².